The minimum atomic E-state index is -0.352. The fourth-order valence-electron chi connectivity index (χ4n) is 2.93. The predicted molar refractivity (Wildman–Crippen MR) is 72.4 cm³/mol. The lowest BCUT2D eigenvalue weighted by Gasteiger charge is -2.31. The number of hydrogen-bond donors (Lipinski definition) is 0. The Labute approximate surface area is 107 Å². The first kappa shape index (κ1) is 14.6. The van der Waals surface area contributed by atoms with E-state index in [2.05, 4.69) is 0 Å². The molecule has 2 aliphatic carbocycles. The van der Waals surface area contributed by atoms with Crippen molar-refractivity contribution in [3.63, 3.8) is 0 Å². The molecule has 2 fully saturated rings. The third-order valence-corrected chi connectivity index (χ3v) is 4.64. The van der Waals surface area contributed by atoms with Gasteiger partial charge in [-0.05, 0) is 18.3 Å². The number of hydrogen-bond acceptors (Lipinski definition) is 2. The van der Waals surface area contributed by atoms with E-state index >= 15 is 0 Å². The monoisotopic (exact) mass is 228 g/mol. The number of rotatable bonds is 2. The zero-order chi connectivity index (χ0) is 13.3. The van der Waals surface area contributed by atoms with Crippen molar-refractivity contribution in [2.24, 2.45) is 16.7 Å². The van der Waals surface area contributed by atoms with Crippen LogP contribution in [0, 0.1) is 16.7 Å². The molecule has 2 rings (SSSR count). The Hall–Kier alpha value is -0.465. The van der Waals surface area contributed by atoms with Gasteiger partial charge in [0.05, 0.1) is 7.17 Å². The molecule has 2 unspecified atom stereocenters. The molecule has 2 bridgehead atoms. The van der Waals surface area contributed by atoms with E-state index in [4.69, 9.17) is 7.74 Å². The average Bonchev–Trinajstić information content (AvgIpc) is 2.56. The third-order valence-electron chi connectivity index (χ3n) is 4.64. The van der Waals surface area contributed by atoms with Crippen LogP contribution in [0.4, 0.5) is 0 Å². The molecule has 0 heterocycles. The normalized spacial score (nSPS) is 33.1. The van der Waals surface area contributed by atoms with E-state index in [9.17, 15) is 9.59 Å². The minimum Gasteiger partial charge on any atom is -0.291 e. The average molecular weight is 228 g/mol. The Morgan fingerprint density at radius 3 is 2.12 bits per heavy atom. The standard InChI is InChI=1S/C10H14O2.C2H5B3/c1-9(2)6-4-5-10(9,3)8(12)7(6)11;1-2-4-5-3/h6H,4-5H2,1-3H3;2H2,1H3. The molecule has 2 nitrogen and oxygen atoms in total. The highest BCUT2D eigenvalue weighted by Crippen LogP contribution is 2.61. The first-order valence-electron chi connectivity index (χ1n) is 6.28. The summed E-state index contributed by atoms with van der Waals surface area (Å²) in [6.07, 6.45) is 2.85. The second-order valence-electron chi connectivity index (χ2n) is 5.67. The van der Waals surface area contributed by atoms with Gasteiger partial charge in [0.25, 0.3) is 0 Å². The first-order chi connectivity index (χ1) is 7.82. The maximum Gasteiger partial charge on any atom is 0.205 e. The molecular weight excluding hydrogens is 209 g/mol. The number of carbonyl (C=O) groups excluding carboxylic acids is 2. The van der Waals surface area contributed by atoms with Gasteiger partial charge in [-0.1, -0.05) is 34.0 Å². The number of Topliss-reactive ketones (excluding diaryl/α,β-unsaturated/α-hetero) is 2. The van der Waals surface area contributed by atoms with Crippen LogP contribution < -0.4 is 0 Å². The van der Waals surface area contributed by atoms with Crippen LogP contribution in [0.2, 0.25) is 6.32 Å². The molecule has 88 valence electrons. The maximum atomic E-state index is 11.6. The Morgan fingerprint density at radius 1 is 1.35 bits per heavy atom. The van der Waals surface area contributed by atoms with Crippen molar-refractivity contribution in [3.05, 3.63) is 0 Å². The molecule has 2 saturated carbocycles. The van der Waals surface area contributed by atoms with Gasteiger partial charge in [-0.2, -0.15) is 0 Å². The number of fused-ring (bicyclic) bond motifs is 2. The molecule has 0 N–H and O–H groups in total. The molecule has 0 saturated heterocycles. The van der Waals surface area contributed by atoms with E-state index in [0.717, 1.165) is 19.2 Å². The van der Waals surface area contributed by atoms with Gasteiger partial charge in [0.1, 0.15) is 0 Å². The first-order valence-corrected chi connectivity index (χ1v) is 6.28. The molecule has 2 atom stereocenters. The summed E-state index contributed by atoms with van der Waals surface area (Å²) in [6.45, 7) is 8.09. The largest absolute Gasteiger partial charge is 0.291 e. The molecule has 0 aliphatic heterocycles. The molecule has 0 amide bonds. The fraction of sp³-hybridized carbons (Fsp3) is 0.833. The summed E-state index contributed by atoms with van der Waals surface area (Å²) in [5.41, 5.74) is -0.448. The minimum absolute atomic E-state index is 0.00926. The van der Waals surface area contributed by atoms with E-state index in [-0.39, 0.29) is 28.3 Å². The smallest absolute Gasteiger partial charge is 0.205 e. The van der Waals surface area contributed by atoms with Gasteiger partial charge in [0, 0.05) is 26.1 Å². The second-order valence-corrected chi connectivity index (χ2v) is 5.67. The van der Waals surface area contributed by atoms with Crippen LogP contribution in [0.1, 0.15) is 40.5 Å². The van der Waals surface area contributed by atoms with Crippen LogP contribution in [0.25, 0.3) is 0 Å². The van der Waals surface area contributed by atoms with Gasteiger partial charge in [-0.3, -0.25) is 9.59 Å². The summed E-state index contributed by atoms with van der Waals surface area (Å²) in [7, 11) is 8.42. The highest BCUT2D eigenvalue weighted by molar-refractivity contribution is 7.23. The van der Waals surface area contributed by atoms with E-state index in [1.54, 1.807) is 7.06 Å². The summed E-state index contributed by atoms with van der Waals surface area (Å²) in [5, 5.41) is 0. The Kier molecular flexibility index (Phi) is 4.32. The summed E-state index contributed by atoms with van der Waals surface area (Å²) in [4.78, 5) is 23.0. The van der Waals surface area contributed by atoms with Crippen molar-refractivity contribution >= 4 is 33.5 Å². The van der Waals surface area contributed by atoms with Crippen molar-refractivity contribution < 1.29 is 9.59 Å². The highest BCUT2D eigenvalue weighted by Gasteiger charge is 2.66. The van der Waals surface area contributed by atoms with Crippen LogP contribution in [0.15, 0.2) is 0 Å². The van der Waals surface area contributed by atoms with Crippen molar-refractivity contribution in [3.8, 4) is 0 Å². The topological polar surface area (TPSA) is 34.1 Å². The Balaban J connectivity index is 0.000000249. The van der Waals surface area contributed by atoms with Crippen molar-refractivity contribution in [2.75, 3.05) is 0 Å². The lowest BCUT2D eigenvalue weighted by Crippen LogP contribution is -2.33. The Bertz CT molecular complexity index is 326. The number of carbonyl (C=O) groups is 2. The van der Waals surface area contributed by atoms with Gasteiger partial charge < -0.3 is 0 Å². The molecule has 0 spiro atoms. The lowest BCUT2D eigenvalue weighted by molar-refractivity contribution is -0.141. The summed E-state index contributed by atoms with van der Waals surface area (Å²) in [6, 6.07) is 0. The molecule has 0 aromatic rings. The predicted octanol–water partition coefficient (Wildman–Crippen LogP) is 1.41. The lowest BCUT2D eigenvalue weighted by atomic mass is 9.27. The molecule has 0 aromatic heterocycles. The van der Waals surface area contributed by atoms with Crippen LogP contribution in [-0.4, -0.2) is 33.5 Å². The van der Waals surface area contributed by atoms with Crippen LogP contribution >= 0.6 is 0 Å². The SMILES string of the molecule is CC12CCC(C(=O)C1=O)C2(C)C.[B][B][B]CC. The molecular formula is C12H19B3O2. The van der Waals surface area contributed by atoms with E-state index in [0.29, 0.717) is 0 Å². The van der Waals surface area contributed by atoms with Gasteiger partial charge in [0.2, 0.25) is 11.6 Å². The summed E-state index contributed by atoms with van der Waals surface area (Å²) >= 11 is 0. The van der Waals surface area contributed by atoms with Crippen molar-refractivity contribution in [2.45, 2.75) is 46.9 Å². The van der Waals surface area contributed by atoms with E-state index in [1.165, 1.54) is 0 Å². The highest BCUT2D eigenvalue weighted by atomic mass is 16.2. The molecule has 17 heavy (non-hydrogen) atoms. The quantitative estimate of drug-likeness (QED) is 0.528. The second kappa shape index (κ2) is 5.03. The molecule has 5 heteroatoms. The van der Waals surface area contributed by atoms with Crippen molar-refractivity contribution in [1.29, 1.82) is 0 Å². The third kappa shape index (κ3) is 2.13. The molecule has 4 radical (unpaired) electrons. The summed E-state index contributed by atoms with van der Waals surface area (Å²) < 4.78 is 0. The van der Waals surface area contributed by atoms with Gasteiger partial charge in [0.15, 0.2) is 0 Å². The van der Waals surface area contributed by atoms with Crippen LogP contribution in [-0.2, 0) is 9.59 Å². The summed E-state index contributed by atoms with van der Waals surface area (Å²) in [5.74, 6) is -0.229. The maximum absolute atomic E-state index is 11.6. The zero-order valence-electron chi connectivity index (χ0n) is 11.2. The van der Waals surface area contributed by atoms with Gasteiger partial charge in [-0.25, -0.2) is 0 Å². The molecule has 2 aliphatic rings. The number of ketones is 2. The van der Waals surface area contributed by atoms with E-state index in [1.807, 2.05) is 34.9 Å². The van der Waals surface area contributed by atoms with Crippen molar-refractivity contribution in [1.82, 2.24) is 0 Å². The van der Waals surface area contributed by atoms with Gasteiger partial charge >= 0.3 is 0 Å². The van der Waals surface area contributed by atoms with Gasteiger partial charge in [-0.15, -0.1) is 0 Å². The van der Waals surface area contributed by atoms with Crippen LogP contribution in [0.3, 0.4) is 0 Å². The Morgan fingerprint density at radius 2 is 1.94 bits per heavy atom. The fourth-order valence-corrected chi connectivity index (χ4v) is 2.93. The van der Waals surface area contributed by atoms with Crippen LogP contribution in [0.5, 0.6) is 0 Å². The molecule has 0 aromatic carbocycles. The zero-order valence-corrected chi connectivity index (χ0v) is 11.2. The van der Waals surface area contributed by atoms with E-state index < -0.39 is 0 Å².